The van der Waals surface area contributed by atoms with Crippen LogP contribution < -0.4 is 0 Å². The van der Waals surface area contributed by atoms with E-state index in [0.29, 0.717) is 0 Å². The number of ether oxygens (including phenoxy) is 1. The van der Waals surface area contributed by atoms with Gasteiger partial charge in [0.25, 0.3) is 0 Å². The van der Waals surface area contributed by atoms with Crippen molar-refractivity contribution in [3.63, 3.8) is 0 Å². The third kappa shape index (κ3) is 5.16. The molecule has 0 spiro atoms. The maximum absolute atomic E-state index is 13.6. The van der Waals surface area contributed by atoms with Crippen molar-refractivity contribution < 1.29 is 27.1 Å². The second kappa shape index (κ2) is 8.33. The fourth-order valence-corrected chi connectivity index (χ4v) is 2.13. The van der Waals surface area contributed by atoms with E-state index in [2.05, 4.69) is 4.74 Å². The molecular weight excluding hydrogens is 430 g/mol. The summed E-state index contributed by atoms with van der Waals surface area (Å²) in [6.07, 6.45) is 1.41. The van der Waals surface area contributed by atoms with Crippen molar-refractivity contribution in [3.05, 3.63) is 45.5 Å². The van der Waals surface area contributed by atoms with Crippen molar-refractivity contribution in [2.45, 2.75) is 31.2 Å². The molecule has 0 aliphatic rings. The molecule has 0 N–H and O–H groups in total. The first-order valence-corrected chi connectivity index (χ1v) is 8.20. The SMILES string of the molecule is CC(C)(CC=C(Cl)Cl)C(Cl)(Cl)C(=O)OCc1c(F)c(F)cc(F)c1F. The van der Waals surface area contributed by atoms with E-state index >= 15 is 0 Å². The standard InChI is InChI=1S/C15H12Cl4F4O2/c1-14(2,4-3-10(16)17)15(18,19)13(24)25-6-7-11(22)8(20)5-9(21)12(7)23/h3,5H,4,6H2,1-2H3. The van der Waals surface area contributed by atoms with Gasteiger partial charge in [-0.05, 0) is 6.42 Å². The Bertz CT molecular complexity index is 675. The van der Waals surface area contributed by atoms with E-state index < -0.39 is 51.2 Å². The van der Waals surface area contributed by atoms with Crippen LogP contribution in [0, 0.1) is 28.7 Å². The molecule has 1 aromatic carbocycles. The van der Waals surface area contributed by atoms with Gasteiger partial charge in [-0.1, -0.05) is 66.3 Å². The van der Waals surface area contributed by atoms with Crippen molar-refractivity contribution in [2.75, 3.05) is 0 Å². The maximum atomic E-state index is 13.6. The van der Waals surface area contributed by atoms with E-state index in [-0.39, 0.29) is 17.0 Å². The monoisotopic (exact) mass is 440 g/mol. The van der Waals surface area contributed by atoms with Gasteiger partial charge in [-0.25, -0.2) is 22.4 Å². The number of benzene rings is 1. The normalized spacial score (nSPS) is 12.1. The largest absolute Gasteiger partial charge is 0.458 e. The Morgan fingerprint density at radius 2 is 1.60 bits per heavy atom. The lowest BCUT2D eigenvalue weighted by molar-refractivity contribution is -0.148. The number of carbonyl (C=O) groups excluding carboxylic acids is 1. The number of hydrogen-bond acceptors (Lipinski definition) is 2. The van der Waals surface area contributed by atoms with Gasteiger partial charge in [0.15, 0.2) is 23.3 Å². The van der Waals surface area contributed by atoms with E-state index in [1.54, 1.807) is 0 Å². The summed E-state index contributed by atoms with van der Waals surface area (Å²) >= 11 is 23.0. The maximum Gasteiger partial charge on any atom is 0.343 e. The highest BCUT2D eigenvalue weighted by molar-refractivity contribution is 6.58. The predicted molar refractivity (Wildman–Crippen MR) is 88.7 cm³/mol. The van der Waals surface area contributed by atoms with Gasteiger partial charge in [0, 0.05) is 11.5 Å². The third-order valence-corrected chi connectivity index (χ3v) is 5.06. The molecule has 0 saturated carbocycles. The van der Waals surface area contributed by atoms with Gasteiger partial charge < -0.3 is 4.74 Å². The number of esters is 1. The number of carbonyl (C=O) groups is 1. The van der Waals surface area contributed by atoms with E-state index in [0.717, 1.165) is 0 Å². The van der Waals surface area contributed by atoms with Crippen LogP contribution in [0.2, 0.25) is 0 Å². The number of alkyl halides is 2. The number of rotatable bonds is 6. The van der Waals surface area contributed by atoms with E-state index in [1.165, 1.54) is 19.9 Å². The molecule has 0 amide bonds. The van der Waals surface area contributed by atoms with Gasteiger partial charge in [-0.15, -0.1) is 0 Å². The van der Waals surface area contributed by atoms with Crippen molar-refractivity contribution in [3.8, 4) is 0 Å². The Hall–Kier alpha value is -0.690. The zero-order chi connectivity index (χ0) is 19.6. The number of allylic oxidation sites excluding steroid dienone is 1. The quantitative estimate of drug-likeness (QED) is 0.227. The number of hydrogen-bond donors (Lipinski definition) is 0. The minimum atomic E-state index is -2.16. The highest BCUT2D eigenvalue weighted by Gasteiger charge is 2.49. The van der Waals surface area contributed by atoms with E-state index in [1.807, 2.05) is 0 Å². The topological polar surface area (TPSA) is 26.3 Å². The molecule has 0 aliphatic heterocycles. The number of halogens is 8. The fourth-order valence-electron chi connectivity index (χ4n) is 1.71. The lowest BCUT2D eigenvalue weighted by atomic mass is 9.84. The van der Waals surface area contributed by atoms with Gasteiger partial charge in [0.05, 0.1) is 5.56 Å². The first-order chi connectivity index (χ1) is 11.3. The predicted octanol–water partition coefficient (Wildman–Crippen LogP) is 6.20. The van der Waals surface area contributed by atoms with Crippen LogP contribution in [-0.4, -0.2) is 10.3 Å². The van der Waals surface area contributed by atoms with E-state index in [4.69, 9.17) is 46.4 Å². The molecule has 0 aliphatic carbocycles. The van der Waals surface area contributed by atoms with Gasteiger partial charge >= 0.3 is 5.97 Å². The summed E-state index contributed by atoms with van der Waals surface area (Å²) in [6, 6.07) is 0.0364. The Labute approximate surface area is 161 Å². The van der Waals surface area contributed by atoms with Crippen molar-refractivity contribution in [2.24, 2.45) is 5.41 Å². The fraction of sp³-hybridized carbons (Fsp3) is 0.400. The highest BCUT2D eigenvalue weighted by atomic mass is 35.5. The summed E-state index contributed by atoms with van der Waals surface area (Å²) < 4.78 is 55.8. The molecule has 0 fully saturated rings. The molecule has 1 rings (SSSR count). The van der Waals surface area contributed by atoms with Crippen molar-refractivity contribution >= 4 is 52.4 Å². The Morgan fingerprint density at radius 1 is 1.12 bits per heavy atom. The minimum Gasteiger partial charge on any atom is -0.458 e. The highest BCUT2D eigenvalue weighted by Crippen LogP contribution is 2.45. The molecule has 2 nitrogen and oxygen atoms in total. The summed E-state index contributed by atoms with van der Waals surface area (Å²) in [7, 11) is 0. The average molecular weight is 442 g/mol. The second-order valence-electron chi connectivity index (χ2n) is 5.68. The molecule has 0 saturated heterocycles. The summed E-state index contributed by atoms with van der Waals surface area (Å²) in [5.41, 5.74) is -2.25. The third-order valence-electron chi connectivity index (χ3n) is 3.42. The van der Waals surface area contributed by atoms with Gasteiger partial charge in [0.2, 0.25) is 4.33 Å². The van der Waals surface area contributed by atoms with Crippen LogP contribution in [-0.2, 0) is 16.1 Å². The first kappa shape index (κ1) is 22.4. The molecule has 0 atom stereocenters. The molecule has 0 bridgehead atoms. The summed E-state index contributed by atoms with van der Waals surface area (Å²) in [4.78, 5) is 12.1. The van der Waals surface area contributed by atoms with Crippen LogP contribution in [0.15, 0.2) is 16.6 Å². The Kier molecular flexibility index (Phi) is 7.45. The van der Waals surface area contributed by atoms with Crippen molar-refractivity contribution in [1.82, 2.24) is 0 Å². The summed E-state index contributed by atoms with van der Waals surface area (Å²) in [5, 5.41) is 0. The molecular formula is C15H12Cl4F4O2. The lowest BCUT2D eigenvalue weighted by Gasteiger charge is -2.34. The van der Waals surface area contributed by atoms with Crippen LogP contribution in [0.3, 0.4) is 0 Å². The lowest BCUT2D eigenvalue weighted by Crippen LogP contribution is -2.42. The molecule has 25 heavy (non-hydrogen) atoms. The van der Waals surface area contributed by atoms with Gasteiger partial charge in [-0.3, -0.25) is 0 Å². The summed E-state index contributed by atoms with van der Waals surface area (Å²) in [5.74, 6) is -7.89. The molecule has 0 radical (unpaired) electrons. The van der Waals surface area contributed by atoms with Crippen LogP contribution in [0.25, 0.3) is 0 Å². The molecule has 1 aromatic rings. The van der Waals surface area contributed by atoms with Crippen molar-refractivity contribution in [1.29, 1.82) is 0 Å². The summed E-state index contributed by atoms with van der Waals surface area (Å²) in [6.45, 7) is 1.88. The minimum absolute atomic E-state index is 0.0364. The van der Waals surface area contributed by atoms with Crippen LogP contribution >= 0.6 is 46.4 Å². The van der Waals surface area contributed by atoms with Crippen LogP contribution in [0.1, 0.15) is 25.8 Å². The zero-order valence-corrected chi connectivity index (χ0v) is 15.9. The van der Waals surface area contributed by atoms with Gasteiger partial charge in [0.1, 0.15) is 11.1 Å². The first-order valence-electron chi connectivity index (χ1n) is 6.69. The molecule has 0 heterocycles. The molecule has 0 unspecified atom stereocenters. The van der Waals surface area contributed by atoms with Gasteiger partial charge in [-0.2, -0.15) is 0 Å². The zero-order valence-electron chi connectivity index (χ0n) is 12.9. The smallest absolute Gasteiger partial charge is 0.343 e. The van der Waals surface area contributed by atoms with Crippen LogP contribution in [0.5, 0.6) is 0 Å². The van der Waals surface area contributed by atoms with Crippen LogP contribution in [0.4, 0.5) is 17.6 Å². The average Bonchev–Trinajstić information content (AvgIpc) is 2.50. The Morgan fingerprint density at radius 3 is 2.04 bits per heavy atom. The van der Waals surface area contributed by atoms with E-state index in [9.17, 15) is 22.4 Å². The Balaban J connectivity index is 2.98. The molecule has 10 heteroatoms. The molecule has 0 aromatic heterocycles. The molecule has 140 valence electrons. The second-order valence-corrected chi connectivity index (χ2v) is 8.01.